The third kappa shape index (κ3) is 4.56. The number of aromatic nitrogens is 2. The molecule has 0 aliphatic rings. The first-order chi connectivity index (χ1) is 8.11. The van der Waals surface area contributed by atoms with Crippen molar-refractivity contribution in [2.24, 2.45) is 5.73 Å². The van der Waals surface area contributed by atoms with Gasteiger partial charge in [-0.1, -0.05) is 0 Å². The Balaban J connectivity index is 2.24. The van der Waals surface area contributed by atoms with Gasteiger partial charge in [-0.3, -0.25) is 9.59 Å². The van der Waals surface area contributed by atoms with E-state index in [1.54, 1.807) is 0 Å². The van der Waals surface area contributed by atoms with E-state index < -0.39 is 12.0 Å². The quantitative estimate of drug-likeness (QED) is 0.569. The lowest BCUT2D eigenvalue weighted by Crippen LogP contribution is -2.32. The average Bonchev–Trinajstić information content (AvgIpc) is 2.35. The van der Waals surface area contributed by atoms with E-state index in [0.717, 1.165) is 0 Å². The van der Waals surface area contributed by atoms with Crippen molar-refractivity contribution in [1.29, 1.82) is 0 Å². The van der Waals surface area contributed by atoms with Gasteiger partial charge in [0.05, 0.1) is 0 Å². The molecule has 1 amide bonds. The fourth-order valence-corrected chi connectivity index (χ4v) is 1.16. The Morgan fingerprint density at radius 3 is 2.88 bits per heavy atom. The minimum Gasteiger partial charge on any atom is -0.480 e. The van der Waals surface area contributed by atoms with Crippen LogP contribution in [0.5, 0.6) is 0 Å². The monoisotopic (exact) mass is 238 g/mol. The zero-order valence-corrected chi connectivity index (χ0v) is 9.17. The maximum atomic E-state index is 11.5. The van der Waals surface area contributed by atoms with Gasteiger partial charge < -0.3 is 16.2 Å². The minimum atomic E-state index is -1.04. The molecule has 1 aromatic rings. The van der Waals surface area contributed by atoms with Gasteiger partial charge in [0.1, 0.15) is 18.1 Å². The van der Waals surface area contributed by atoms with E-state index in [1.807, 2.05) is 0 Å². The Morgan fingerprint density at radius 2 is 2.29 bits per heavy atom. The summed E-state index contributed by atoms with van der Waals surface area (Å²) in [6.07, 6.45) is 3.58. The van der Waals surface area contributed by atoms with E-state index >= 15 is 0 Å². The molecule has 0 bridgehead atoms. The van der Waals surface area contributed by atoms with Crippen molar-refractivity contribution in [2.45, 2.75) is 18.9 Å². The molecule has 0 radical (unpaired) electrons. The van der Waals surface area contributed by atoms with E-state index in [4.69, 9.17) is 10.8 Å². The molecule has 92 valence electrons. The number of aliphatic carboxylic acids is 1. The van der Waals surface area contributed by atoms with E-state index in [2.05, 4.69) is 15.3 Å². The van der Waals surface area contributed by atoms with Crippen LogP contribution in [-0.4, -0.2) is 39.5 Å². The van der Waals surface area contributed by atoms with Gasteiger partial charge in [0.15, 0.2) is 0 Å². The van der Waals surface area contributed by atoms with E-state index in [-0.39, 0.29) is 11.6 Å². The van der Waals surface area contributed by atoms with Crippen LogP contribution in [0.4, 0.5) is 0 Å². The summed E-state index contributed by atoms with van der Waals surface area (Å²) in [6, 6.07) is 0.615. The van der Waals surface area contributed by atoms with Crippen molar-refractivity contribution in [2.75, 3.05) is 6.54 Å². The van der Waals surface area contributed by atoms with Gasteiger partial charge in [-0.2, -0.15) is 0 Å². The van der Waals surface area contributed by atoms with Crippen LogP contribution in [0, 0.1) is 0 Å². The number of carbonyl (C=O) groups is 2. The summed E-state index contributed by atoms with van der Waals surface area (Å²) >= 11 is 0. The summed E-state index contributed by atoms with van der Waals surface area (Å²) < 4.78 is 0. The van der Waals surface area contributed by atoms with Gasteiger partial charge in [0.25, 0.3) is 5.91 Å². The van der Waals surface area contributed by atoms with Crippen LogP contribution in [0.25, 0.3) is 0 Å². The molecule has 17 heavy (non-hydrogen) atoms. The highest BCUT2D eigenvalue weighted by Gasteiger charge is 2.11. The van der Waals surface area contributed by atoms with Crippen LogP contribution >= 0.6 is 0 Å². The number of nitrogens with zero attached hydrogens (tertiary/aromatic N) is 2. The molecule has 4 N–H and O–H groups in total. The first kappa shape index (κ1) is 13.0. The maximum Gasteiger partial charge on any atom is 0.320 e. The van der Waals surface area contributed by atoms with Crippen LogP contribution in [0.3, 0.4) is 0 Å². The van der Waals surface area contributed by atoms with Crippen LogP contribution in [0.1, 0.15) is 23.3 Å². The van der Waals surface area contributed by atoms with Crippen molar-refractivity contribution >= 4 is 11.9 Å². The number of amides is 1. The average molecular weight is 238 g/mol. The number of carbonyl (C=O) groups excluding carboxylic acids is 1. The molecule has 1 aromatic heterocycles. The minimum absolute atomic E-state index is 0.280. The fourth-order valence-electron chi connectivity index (χ4n) is 1.16. The second kappa shape index (κ2) is 6.54. The van der Waals surface area contributed by atoms with Gasteiger partial charge in [-0.25, -0.2) is 9.97 Å². The molecule has 0 saturated carbocycles. The molecule has 1 rings (SSSR count). The number of hydrogen-bond donors (Lipinski definition) is 3. The molecule has 1 heterocycles. The summed E-state index contributed by atoms with van der Waals surface area (Å²) in [5.41, 5.74) is 5.59. The van der Waals surface area contributed by atoms with E-state index in [9.17, 15) is 9.59 Å². The molecule has 0 aliphatic carbocycles. The van der Waals surface area contributed by atoms with Crippen molar-refractivity contribution in [1.82, 2.24) is 15.3 Å². The standard InChI is InChI=1S/C10H14N4O3/c11-7(10(16)17)2-1-4-13-9(15)8-3-5-12-6-14-8/h3,5-7H,1-2,4,11H2,(H,13,15)(H,16,17). The first-order valence-corrected chi connectivity index (χ1v) is 5.14. The number of rotatable bonds is 6. The molecule has 7 heteroatoms. The topological polar surface area (TPSA) is 118 Å². The normalized spacial score (nSPS) is 11.8. The Bertz CT molecular complexity index is 382. The van der Waals surface area contributed by atoms with E-state index in [0.29, 0.717) is 19.4 Å². The second-order valence-corrected chi connectivity index (χ2v) is 3.44. The summed E-state index contributed by atoms with van der Waals surface area (Å²) in [4.78, 5) is 29.4. The molecule has 0 aromatic carbocycles. The van der Waals surface area contributed by atoms with E-state index in [1.165, 1.54) is 18.6 Å². The number of carboxylic acids is 1. The lowest BCUT2D eigenvalue weighted by Gasteiger charge is -2.07. The Labute approximate surface area is 98.1 Å². The van der Waals surface area contributed by atoms with Crippen LogP contribution in [0.15, 0.2) is 18.6 Å². The lowest BCUT2D eigenvalue weighted by atomic mass is 10.2. The molecule has 0 fully saturated rings. The van der Waals surface area contributed by atoms with Gasteiger partial charge in [-0.05, 0) is 18.9 Å². The van der Waals surface area contributed by atoms with Crippen molar-refractivity contribution in [3.63, 3.8) is 0 Å². The van der Waals surface area contributed by atoms with Crippen molar-refractivity contribution < 1.29 is 14.7 Å². The number of nitrogens with one attached hydrogen (secondary N) is 1. The summed E-state index contributed by atoms with van der Waals surface area (Å²) in [5, 5.41) is 11.2. The fraction of sp³-hybridized carbons (Fsp3) is 0.400. The number of nitrogens with two attached hydrogens (primary N) is 1. The Kier molecular flexibility index (Phi) is 5.02. The molecule has 0 saturated heterocycles. The molecule has 7 nitrogen and oxygen atoms in total. The molecule has 0 aliphatic heterocycles. The highest BCUT2D eigenvalue weighted by molar-refractivity contribution is 5.91. The molecule has 1 unspecified atom stereocenters. The van der Waals surface area contributed by atoms with Crippen LogP contribution < -0.4 is 11.1 Å². The Morgan fingerprint density at radius 1 is 1.53 bits per heavy atom. The summed E-state index contributed by atoms with van der Waals surface area (Å²) in [7, 11) is 0. The van der Waals surface area contributed by atoms with Gasteiger partial charge in [-0.15, -0.1) is 0 Å². The molecular formula is C10H14N4O3. The zero-order valence-electron chi connectivity index (χ0n) is 9.17. The van der Waals surface area contributed by atoms with Gasteiger partial charge in [0, 0.05) is 12.7 Å². The van der Waals surface area contributed by atoms with Crippen molar-refractivity contribution in [3.05, 3.63) is 24.3 Å². The zero-order chi connectivity index (χ0) is 12.7. The third-order valence-electron chi connectivity index (χ3n) is 2.11. The van der Waals surface area contributed by atoms with Gasteiger partial charge in [0.2, 0.25) is 0 Å². The molecular weight excluding hydrogens is 224 g/mol. The highest BCUT2D eigenvalue weighted by atomic mass is 16.4. The first-order valence-electron chi connectivity index (χ1n) is 5.14. The van der Waals surface area contributed by atoms with Crippen molar-refractivity contribution in [3.8, 4) is 0 Å². The van der Waals surface area contributed by atoms with Crippen LogP contribution in [0.2, 0.25) is 0 Å². The predicted molar refractivity (Wildman–Crippen MR) is 59.2 cm³/mol. The number of hydrogen-bond acceptors (Lipinski definition) is 5. The SMILES string of the molecule is NC(CCCNC(=O)c1ccncn1)C(=O)O. The van der Waals surface area contributed by atoms with Gasteiger partial charge >= 0.3 is 5.97 Å². The Hall–Kier alpha value is -2.02. The van der Waals surface area contributed by atoms with Crippen LogP contribution in [-0.2, 0) is 4.79 Å². The molecule has 0 spiro atoms. The molecule has 1 atom stereocenters. The second-order valence-electron chi connectivity index (χ2n) is 3.44. The smallest absolute Gasteiger partial charge is 0.320 e. The lowest BCUT2D eigenvalue weighted by molar-refractivity contribution is -0.138. The number of carboxylic acid groups (broad SMARTS) is 1. The largest absolute Gasteiger partial charge is 0.480 e. The highest BCUT2D eigenvalue weighted by Crippen LogP contribution is 1.95. The summed E-state index contributed by atoms with van der Waals surface area (Å²) in [5.74, 6) is -1.34. The predicted octanol–water partition coefficient (Wildman–Crippen LogP) is -0.602. The third-order valence-corrected chi connectivity index (χ3v) is 2.11. The summed E-state index contributed by atoms with van der Waals surface area (Å²) in [6.45, 7) is 0.365. The maximum absolute atomic E-state index is 11.5.